The van der Waals surface area contributed by atoms with Crippen molar-refractivity contribution in [1.82, 2.24) is 10.2 Å². The molecule has 34 heavy (non-hydrogen) atoms. The summed E-state index contributed by atoms with van der Waals surface area (Å²) in [5.41, 5.74) is 0.807. The maximum absolute atomic E-state index is 13.4. The summed E-state index contributed by atoms with van der Waals surface area (Å²) >= 11 is 0. The molecule has 0 aromatic heterocycles. The molecule has 1 saturated heterocycles. The van der Waals surface area contributed by atoms with Gasteiger partial charge in [-0.1, -0.05) is 44.9 Å². The van der Waals surface area contributed by atoms with Crippen molar-refractivity contribution in [3.8, 4) is 0 Å². The zero-order valence-corrected chi connectivity index (χ0v) is 20.9. The van der Waals surface area contributed by atoms with Crippen LogP contribution in [-0.2, 0) is 19.7 Å². The van der Waals surface area contributed by atoms with E-state index in [-0.39, 0.29) is 17.9 Å². The fraction of sp³-hybridized carbons (Fsp3) is 0.667. The van der Waals surface area contributed by atoms with Crippen LogP contribution in [0, 0.1) is 11.3 Å². The Bertz CT molecular complexity index is 912. The predicted octanol–water partition coefficient (Wildman–Crippen LogP) is 4.25. The van der Waals surface area contributed by atoms with Crippen LogP contribution in [0.15, 0.2) is 24.3 Å². The number of esters is 1. The Morgan fingerprint density at radius 2 is 1.76 bits per heavy atom. The first-order chi connectivity index (χ1) is 16.4. The quantitative estimate of drug-likeness (QED) is 0.604. The van der Waals surface area contributed by atoms with Gasteiger partial charge in [-0.15, -0.1) is 0 Å². The number of nitrogens with zero attached hydrogens (tertiary/aromatic N) is 2. The number of para-hydroxylation sites is 1. The number of anilines is 1. The lowest BCUT2D eigenvalue weighted by atomic mass is 9.80. The number of likely N-dealkylation sites (tertiary alicyclic amines) is 1. The standard InChI is InChI=1S/C27H39N3O4/c1-4-26(5-2,24(32)34-3)19-29-16-12-20(13-17-29)18-28-25(33)30-22-11-7-6-10-21(22)27(23(30)31)14-8-9-15-27/h6-7,10-11,20H,4-5,8-9,12-19H2,1-3H3,(H,28,33). The molecular weight excluding hydrogens is 430 g/mol. The molecule has 0 radical (unpaired) electrons. The fourth-order valence-electron chi connectivity index (χ4n) is 6.31. The van der Waals surface area contributed by atoms with Crippen LogP contribution in [0.4, 0.5) is 10.5 Å². The molecule has 7 nitrogen and oxygen atoms in total. The molecule has 4 rings (SSSR count). The molecule has 0 atom stereocenters. The second kappa shape index (κ2) is 10.1. The predicted molar refractivity (Wildman–Crippen MR) is 132 cm³/mol. The van der Waals surface area contributed by atoms with Gasteiger partial charge in [0.15, 0.2) is 0 Å². The molecule has 0 unspecified atom stereocenters. The molecular formula is C27H39N3O4. The number of amides is 3. The molecule has 1 aliphatic carbocycles. The number of carbonyl (C=O) groups excluding carboxylic acids is 3. The molecule has 1 saturated carbocycles. The molecule has 186 valence electrons. The van der Waals surface area contributed by atoms with Crippen molar-refractivity contribution in [3.63, 3.8) is 0 Å². The Hall–Kier alpha value is -2.41. The molecule has 7 heteroatoms. The molecule has 1 aromatic rings. The lowest BCUT2D eigenvalue weighted by Gasteiger charge is -2.38. The van der Waals surface area contributed by atoms with Gasteiger partial charge in [0.25, 0.3) is 0 Å². The molecule has 3 aliphatic rings. The number of piperidine rings is 1. The number of methoxy groups -OCH3 is 1. The summed E-state index contributed by atoms with van der Waals surface area (Å²) in [7, 11) is 1.47. The van der Waals surface area contributed by atoms with E-state index in [1.54, 1.807) is 0 Å². The summed E-state index contributed by atoms with van der Waals surface area (Å²) in [6.45, 7) is 7.18. The molecule has 1 N–H and O–H groups in total. The normalized spacial score (nSPS) is 20.6. The van der Waals surface area contributed by atoms with Crippen molar-refractivity contribution < 1.29 is 19.1 Å². The molecule has 0 bridgehead atoms. The second-order valence-corrected chi connectivity index (χ2v) is 10.3. The van der Waals surface area contributed by atoms with Crippen LogP contribution in [0.5, 0.6) is 0 Å². The van der Waals surface area contributed by atoms with Crippen LogP contribution < -0.4 is 10.2 Å². The van der Waals surface area contributed by atoms with Crippen LogP contribution >= 0.6 is 0 Å². The number of ether oxygens (including phenoxy) is 1. The van der Waals surface area contributed by atoms with E-state index in [1.165, 1.54) is 12.0 Å². The van der Waals surface area contributed by atoms with E-state index in [9.17, 15) is 14.4 Å². The van der Waals surface area contributed by atoms with E-state index < -0.39 is 10.8 Å². The van der Waals surface area contributed by atoms with Crippen LogP contribution in [0.2, 0.25) is 0 Å². The first-order valence-electron chi connectivity index (χ1n) is 12.9. The number of hydrogen-bond acceptors (Lipinski definition) is 5. The zero-order chi connectivity index (χ0) is 24.3. The summed E-state index contributed by atoms with van der Waals surface area (Å²) in [6.07, 6.45) is 7.15. The van der Waals surface area contributed by atoms with Crippen molar-refractivity contribution in [2.24, 2.45) is 11.3 Å². The third kappa shape index (κ3) is 4.23. The van der Waals surface area contributed by atoms with Gasteiger partial charge in [-0.2, -0.15) is 0 Å². The van der Waals surface area contributed by atoms with Crippen LogP contribution in [0.3, 0.4) is 0 Å². The number of fused-ring (bicyclic) bond motifs is 2. The van der Waals surface area contributed by atoms with E-state index in [1.807, 2.05) is 24.3 Å². The molecule has 2 aliphatic heterocycles. The highest BCUT2D eigenvalue weighted by Crippen LogP contribution is 2.51. The average molecular weight is 470 g/mol. The largest absolute Gasteiger partial charge is 0.469 e. The number of nitrogens with one attached hydrogen (secondary N) is 1. The smallest absolute Gasteiger partial charge is 0.328 e. The maximum Gasteiger partial charge on any atom is 0.328 e. The third-order valence-electron chi connectivity index (χ3n) is 8.68. The summed E-state index contributed by atoms with van der Waals surface area (Å²) in [6, 6.07) is 7.48. The number of rotatable bonds is 7. The van der Waals surface area contributed by atoms with Gasteiger partial charge in [-0.3, -0.25) is 9.59 Å². The van der Waals surface area contributed by atoms with E-state index in [0.717, 1.165) is 75.7 Å². The fourth-order valence-corrected chi connectivity index (χ4v) is 6.31. The van der Waals surface area contributed by atoms with Gasteiger partial charge in [-0.05, 0) is 69.2 Å². The first kappa shape index (κ1) is 24.7. The van der Waals surface area contributed by atoms with Gasteiger partial charge < -0.3 is 15.0 Å². The number of carbonyl (C=O) groups is 3. The third-order valence-corrected chi connectivity index (χ3v) is 8.68. The SMILES string of the molecule is CCC(CC)(CN1CCC(CNC(=O)N2C(=O)C3(CCCC3)c3ccccc32)CC1)C(=O)OC. The Labute approximate surface area is 203 Å². The van der Waals surface area contributed by atoms with Gasteiger partial charge in [0.1, 0.15) is 0 Å². The molecule has 1 aromatic carbocycles. The molecule has 2 fully saturated rings. The molecule has 2 heterocycles. The average Bonchev–Trinajstić information content (AvgIpc) is 3.46. The highest BCUT2D eigenvalue weighted by molar-refractivity contribution is 6.22. The van der Waals surface area contributed by atoms with E-state index in [2.05, 4.69) is 24.1 Å². The lowest BCUT2D eigenvalue weighted by Crippen LogP contribution is -2.49. The monoisotopic (exact) mass is 469 g/mol. The highest BCUT2D eigenvalue weighted by Gasteiger charge is 2.53. The van der Waals surface area contributed by atoms with Crippen molar-refractivity contribution in [3.05, 3.63) is 29.8 Å². The summed E-state index contributed by atoms with van der Waals surface area (Å²) in [5.74, 6) is 0.184. The Kier molecular flexibility index (Phi) is 7.31. The number of imide groups is 1. The zero-order valence-electron chi connectivity index (χ0n) is 20.9. The molecule has 1 spiro atoms. The number of benzene rings is 1. The van der Waals surface area contributed by atoms with E-state index in [4.69, 9.17) is 4.74 Å². The van der Waals surface area contributed by atoms with Crippen LogP contribution in [0.1, 0.15) is 70.8 Å². The van der Waals surface area contributed by atoms with Crippen molar-refractivity contribution in [2.75, 3.05) is 38.2 Å². The second-order valence-electron chi connectivity index (χ2n) is 10.3. The Morgan fingerprint density at radius 1 is 1.12 bits per heavy atom. The highest BCUT2D eigenvalue weighted by atomic mass is 16.5. The van der Waals surface area contributed by atoms with Crippen molar-refractivity contribution >= 4 is 23.6 Å². The van der Waals surface area contributed by atoms with Gasteiger partial charge >= 0.3 is 12.0 Å². The van der Waals surface area contributed by atoms with Gasteiger partial charge in [0, 0.05) is 13.1 Å². The van der Waals surface area contributed by atoms with E-state index >= 15 is 0 Å². The first-order valence-corrected chi connectivity index (χ1v) is 12.9. The van der Waals surface area contributed by atoms with Crippen LogP contribution in [0.25, 0.3) is 0 Å². The topological polar surface area (TPSA) is 79.0 Å². The summed E-state index contributed by atoms with van der Waals surface area (Å²) in [5, 5.41) is 3.06. The lowest BCUT2D eigenvalue weighted by molar-refractivity contribution is -0.155. The van der Waals surface area contributed by atoms with Gasteiger partial charge in [0.2, 0.25) is 5.91 Å². The van der Waals surface area contributed by atoms with Crippen molar-refractivity contribution in [2.45, 2.75) is 70.6 Å². The van der Waals surface area contributed by atoms with Gasteiger partial charge in [0.05, 0.1) is 23.6 Å². The minimum absolute atomic E-state index is 0.0585. The van der Waals surface area contributed by atoms with Crippen molar-refractivity contribution in [1.29, 1.82) is 0 Å². The van der Waals surface area contributed by atoms with Crippen LogP contribution in [-0.4, -0.2) is 56.1 Å². The summed E-state index contributed by atoms with van der Waals surface area (Å²) < 4.78 is 5.10. The summed E-state index contributed by atoms with van der Waals surface area (Å²) in [4.78, 5) is 42.7. The maximum atomic E-state index is 13.4. The van der Waals surface area contributed by atoms with Gasteiger partial charge in [-0.25, -0.2) is 9.69 Å². The van der Waals surface area contributed by atoms with E-state index in [0.29, 0.717) is 19.0 Å². The minimum atomic E-state index is -0.510. The minimum Gasteiger partial charge on any atom is -0.469 e. The number of urea groups is 1. The number of hydrogen-bond donors (Lipinski definition) is 1. The Balaban J connectivity index is 1.33. The Morgan fingerprint density at radius 3 is 2.38 bits per heavy atom. The molecule has 3 amide bonds.